The second-order valence-corrected chi connectivity index (χ2v) is 4.62. The first kappa shape index (κ1) is 13.1. The summed E-state index contributed by atoms with van der Waals surface area (Å²) in [5.74, 6) is 0.820. The van der Waals surface area contributed by atoms with E-state index in [-0.39, 0.29) is 0 Å². The highest BCUT2D eigenvalue weighted by molar-refractivity contribution is 7.99. The van der Waals surface area contributed by atoms with Crippen LogP contribution in [0.1, 0.15) is 13.3 Å². The van der Waals surface area contributed by atoms with Crippen molar-refractivity contribution < 1.29 is 4.79 Å². The summed E-state index contributed by atoms with van der Waals surface area (Å²) in [6.07, 6.45) is 0.952. The molecule has 1 aromatic heterocycles. The lowest BCUT2D eigenvalue weighted by Gasteiger charge is -2.13. The predicted molar refractivity (Wildman–Crippen MR) is 64.2 cm³/mol. The summed E-state index contributed by atoms with van der Waals surface area (Å²) in [7, 11) is 3.39. The van der Waals surface area contributed by atoms with Gasteiger partial charge >= 0.3 is 11.1 Å². The minimum absolute atomic E-state index is 0.464. The Kier molecular flexibility index (Phi) is 4.43. The van der Waals surface area contributed by atoms with Crippen molar-refractivity contribution in [3.05, 3.63) is 10.5 Å². The zero-order valence-corrected chi connectivity index (χ0v) is 10.9. The van der Waals surface area contributed by atoms with Gasteiger partial charge in [-0.25, -0.2) is 4.79 Å². The average molecular weight is 265 g/mol. The summed E-state index contributed by atoms with van der Waals surface area (Å²) in [6, 6.07) is 0. The van der Waals surface area contributed by atoms with Gasteiger partial charge in [0.25, 0.3) is 0 Å². The number of carbonyl (C=O) groups excluding carboxylic acids is 1. The van der Waals surface area contributed by atoms with Gasteiger partial charge in [-0.05, 0) is 18.0 Å². The summed E-state index contributed by atoms with van der Waals surface area (Å²) in [6.45, 7) is 2.02. The van der Waals surface area contributed by atoms with Crippen molar-refractivity contribution in [2.24, 2.45) is 0 Å². The van der Waals surface area contributed by atoms with Crippen LogP contribution in [0.15, 0.2) is 9.95 Å². The van der Waals surface area contributed by atoms with Gasteiger partial charge in [0.05, 0.1) is 0 Å². The molecule has 16 heavy (non-hydrogen) atoms. The number of hydrogen-bond acceptors (Lipinski definition) is 5. The SMILES string of the molecule is CCCSc1nn(C(=O)Cl)c(=O)n1N(C)C. The number of rotatable bonds is 4. The topological polar surface area (TPSA) is 60.1 Å². The maximum Gasteiger partial charge on any atom is 0.374 e. The van der Waals surface area contributed by atoms with E-state index in [1.807, 2.05) is 6.92 Å². The lowest BCUT2D eigenvalue weighted by atomic mass is 10.6. The van der Waals surface area contributed by atoms with Gasteiger partial charge in [-0.3, -0.25) is 4.79 Å². The van der Waals surface area contributed by atoms with Crippen LogP contribution >= 0.6 is 23.4 Å². The molecule has 0 aliphatic heterocycles. The summed E-state index contributed by atoms with van der Waals surface area (Å²) >= 11 is 6.66. The molecule has 0 aromatic carbocycles. The van der Waals surface area contributed by atoms with Crippen molar-refractivity contribution >= 4 is 28.7 Å². The Bertz CT molecular complexity index is 440. The minimum Gasteiger partial charge on any atom is -0.313 e. The van der Waals surface area contributed by atoms with E-state index < -0.39 is 11.1 Å². The van der Waals surface area contributed by atoms with Gasteiger partial charge in [-0.15, -0.1) is 9.78 Å². The van der Waals surface area contributed by atoms with E-state index in [1.54, 1.807) is 19.1 Å². The van der Waals surface area contributed by atoms with Crippen LogP contribution in [0.25, 0.3) is 0 Å². The second-order valence-electron chi connectivity index (χ2n) is 3.24. The maximum atomic E-state index is 11.7. The van der Waals surface area contributed by atoms with Crippen molar-refractivity contribution in [1.29, 1.82) is 0 Å². The standard InChI is InChI=1S/C8H13ClN4O2S/c1-4-5-16-7-10-12(6(9)14)8(15)13(7)11(2)3/h4-5H2,1-3H3. The Labute approximate surface area is 102 Å². The highest BCUT2D eigenvalue weighted by atomic mass is 35.5. The van der Waals surface area contributed by atoms with E-state index in [1.165, 1.54) is 16.4 Å². The lowest BCUT2D eigenvalue weighted by molar-refractivity contribution is 0.257. The molecule has 0 saturated heterocycles. The van der Waals surface area contributed by atoms with Crippen LogP contribution in [0, 0.1) is 0 Å². The molecule has 0 unspecified atom stereocenters. The van der Waals surface area contributed by atoms with Crippen molar-refractivity contribution in [1.82, 2.24) is 14.5 Å². The van der Waals surface area contributed by atoms with Gasteiger partial charge in [0.2, 0.25) is 5.16 Å². The molecule has 1 aromatic rings. The fraction of sp³-hybridized carbons (Fsp3) is 0.625. The van der Waals surface area contributed by atoms with Crippen molar-refractivity contribution in [2.75, 3.05) is 24.9 Å². The molecule has 0 aliphatic carbocycles. The van der Waals surface area contributed by atoms with Crippen LogP contribution in [0.4, 0.5) is 4.79 Å². The van der Waals surface area contributed by atoms with Crippen LogP contribution in [0.3, 0.4) is 0 Å². The van der Waals surface area contributed by atoms with Crippen molar-refractivity contribution in [3.8, 4) is 0 Å². The van der Waals surface area contributed by atoms with E-state index in [0.717, 1.165) is 12.2 Å². The first-order chi connectivity index (χ1) is 7.49. The predicted octanol–water partition coefficient (Wildman–Crippen LogP) is 0.951. The van der Waals surface area contributed by atoms with Crippen LogP contribution in [0.2, 0.25) is 0 Å². The van der Waals surface area contributed by atoms with Gasteiger partial charge in [0.1, 0.15) is 0 Å². The monoisotopic (exact) mass is 264 g/mol. The normalized spacial score (nSPS) is 10.5. The molecule has 0 radical (unpaired) electrons. The maximum absolute atomic E-state index is 11.7. The third-order valence-electron chi connectivity index (χ3n) is 1.73. The molecule has 0 aliphatic rings. The largest absolute Gasteiger partial charge is 0.374 e. The van der Waals surface area contributed by atoms with E-state index >= 15 is 0 Å². The molecule has 1 rings (SSSR count). The summed E-state index contributed by atoms with van der Waals surface area (Å²) < 4.78 is 1.96. The van der Waals surface area contributed by atoms with E-state index in [9.17, 15) is 9.59 Å². The molecule has 0 amide bonds. The van der Waals surface area contributed by atoms with Crippen molar-refractivity contribution in [3.63, 3.8) is 0 Å². The first-order valence-corrected chi connectivity index (χ1v) is 6.07. The molecule has 1 heterocycles. The third kappa shape index (κ3) is 2.59. The minimum atomic E-state index is -0.899. The van der Waals surface area contributed by atoms with Gasteiger partial charge in [-0.2, -0.15) is 4.68 Å². The Morgan fingerprint density at radius 2 is 2.19 bits per heavy atom. The summed E-state index contributed by atoms with van der Waals surface area (Å²) in [5.41, 5.74) is -0.552. The molecule has 0 spiro atoms. The quantitative estimate of drug-likeness (QED) is 0.599. The molecule has 90 valence electrons. The highest BCUT2D eigenvalue weighted by Crippen LogP contribution is 2.14. The molecule has 0 bridgehead atoms. The summed E-state index contributed by atoms with van der Waals surface area (Å²) in [5, 5.41) is 5.00. The molecule has 0 fully saturated rings. The van der Waals surface area contributed by atoms with Crippen LogP contribution in [0.5, 0.6) is 0 Å². The van der Waals surface area contributed by atoms with Gasteiger partial charge in [0, 0.05) is 19.8 Å². The van der Waals surface area contributed by atoms with Gasteiger partial charge in [-0.1, -0.05) is 18.7 Å². The summed E-state index contributed by atoms with van der Waals surface area (Å²) in [4.78, 5) is 22.7. The number of thioether (sulfide) groups is 1. The number of aromatic nitrogens is 3. The first-order valence-electron chi connectivity index (χ1n) is 4.71. The zero-order valence-electron chi connectivity index (χ0n) is 9.31. The molecule has 0 saturated carbocycles. The van der Waals surface area contributed by atoms with E-state index in [0.29, 0.717) is 9.84 Å². The van der Waals surface area contributed by atoms with Crippen LogP contribution < -0.4 is 10.7 Å². The molecule has 6 nitrogen and oxygen atoms in total. The van der Waals surface area contributed by atoms with Crippen LogP contribution in [-0.2, 0) is 0 Å². The zero-order chi connectivity index (χ0) is 12.3. The number of halogens is 1. The van der Waals surface area contributed by atoms with Crippen molar-refractivity contribution in [2.45, 2.75) is 18.5 Å². The fourth-order valence-corrected chi connectivity index (χ4v) is 2.08. The number of carbonyl (C=O) groups is 1. The number of nitrogens with zero attached hydrogens (tertiary/aromatic N) is 4. The molecular formula is C8H13ClN4O2S. The Hall–Kier alpha value is -0.950. The Morgan fingerprint density at radius 3 is 2.62 bits per heavy atom. The molecule has 0 N–H and O–H groups in total. The third-order valence-corrected chi connectivity index (χ3v) is 3.02. The number of hydrogen-bond donors (Lipinski definition) is 0. The van der Waals surface area contributed by atoms with Gasteiger partial charge < -0.3 is 5.01 Å². The van der Waals surface area contributed by atoms with Gasteiger partial charge in [0.15, 0.2) is 0 Å². The fourth-order valence-electron chi connectivity index (χ4n) is 1.08. The lowest BCUT2D eigenvalue weighted by Crippen LogP contribution is -2.38. The molecule has 0 atom stereocenters. The smallest absolute Gasteiger partial charge is 0.313 e. The molecular weight excluding hydrogens is 252 g/mol. The van der Waals surface area contributed by atoms with Crippen LogP contribution in [-0.4, -0.2) is 39.7 Å². The Balaban J connectivity index is 3.20. The Morgan fingerprint density at radius 1 is 1.56 bits per heavy atom. The second kappa shape index (κ2) is 5.40. The molecule has 8 heteroatoms. The van der Waals surface area contributed by atoms with E-state index in [4.69, 9.17) is 11.6 Å². The van der Waals surface area contributed by atoms with E-state index in [2.05, 4.69) is 5.10 Å². The highest BCUT2D eigenvalue weighted by Gasteiger charge is 2.18. The average Bonchev–Trinajstić information content (AvgIpc) is 2.52.